The Bertz CT molecular complexity index is 912. The average Bonchev–Trinajstić information content (AvgIpc) is 2.65. The zero-order valence-corrected chi connectivity index (χ0v) is 17.3. The van der Waals surface area contributed by atoms with Gasteiger partial charge in [-0.05, 0) is 64.3 Å². The van der Waals surface area contributed by atoms with Crippen LogP contribution in [0.5, 0.6) is 5.75 Å². The van der Waals surface area contributed by atoms with Crippen LogP contribution in [0.25, 0.3) is 0 Å². The molecule has 144 valence electrons. The Kier molecular flexibility index (Phi) is 7.58. The van der Waals surface area contributed by atoms with Gasteiger partial charge in [0.25, 0.3) is 5.91 Å². The topological polar surface area (TPSA) is 84.5 Å². The number of halogens is 1. The number of carbonyl (C=O) groups excluding carboxylic acids is 1. The molecule has 0 aliphatic rings. The van der Waals surface area contributed by atoms with Crippen LogP contribution in [-0.4, -0.2) is 27.5 Å². The van der Waals surface area contributed by atoms with Crippen molar-refractivity contribution < 1.29 is 17.9 Å². The molecule has 6 nitrogen and oxygen atoms in total. The third kappa shape index (κ3) is 6.20. The van der Waals surface area contributed by atoms with Crippen molar-refractivity contribution in [3.8, 4) is 5.75 Å². The summed E-state index contributed by atoms with van der Waals surface area (Å²) in [5.74, 6) is 0.235. The van der Waals surface area contributed by atoms with Gasteiger partial charge in [0.2, 0.25) is 10.0 Å². The van der Waals surface area contributed by atoms with Gasteiger partial charge in [0.15, 0.2) is 6.61 Å². The molecule has 0 heterocycles. The van der Waals surface area contributed by atoms with E-state index in [1.165, 1.54) is 30.3 Å². The van der Waals surface area contributed by atoms with Crippen molar-refractivity contribution in [3.05, 3.63) is 65.2 Å². The van der Waals surface area contributed by atoms with E-state index in [9.17, 15) is 13.2 Å². The first-order chi connectivity index (χ1) is 12.9. The molecule has 0 atom stereocenters. The summed E-state index contributed by atoms with van der Waals surface area (Å²) in [5.41, 5.74) is 1.64. The number of aryl methyl sites for hydroxylation is 1. The van der Waals surface area contributed by atoms with Crippen LogP contribution in [0, 0.1) is 0 Å². The molecule has 2 aromatic carbocycles. The molecule has 0 radical (unpaired) electrons. The molecule has 8 heteroatoms. The zero-order valence-electron chi connectivity index (χ0n) is 14.9. The van der Waals surface area contributed by atoms with Gasteiger partial charge in [-0.3, -0.25) is 4.79 Å². The monoisotopic (exact) mass is 452 g/mol. The van der Waals surface area contributed by atoms with Gasteiger partial charge in [0, 0.05) is 12.2 Å². The summed E-state index contributed by atoms with van der Waals surface area (Å²) >= 11 is 3.42. The Morgan fingerprint density at radius 1 is 1.22 bits per heavy atom. The Morgan fingerprint density at radius 2 is 1.93 bits per heavy atom. The molecule has 2 rings (SSSR count). The SMILES string of the molecule is C=CCNS(=O)(=O)c1ccc(NC(=O)COc2ccc(CC)cc2Br)cc1. The number of ether oxygens (including phenoxy) is 1. The van der Waals surface area contributed by atoms with E-state index < -0.39 is 10.0 Å². The normalized spacial score (nSPS) is 11.0. The highest BCUT2D eigenvalue weighted by Crippen LogP contribution is 2.26. The van der Waals surface area contributed by atoms with Gasteiger partial charge in [-0.25, -0.2) is 13.1 Å². The molecule has 2 aromatic rings. The predicted octanol–water partition coefficient (Wildman–Crippen LogP) is 3.49. The summed E-state index contributed by atoms with van der Waals surface area (Å²) in [4.78, 5) is 12.2. The fourth-order valence-electron chi connectivity index (χ4n) is 2.19. The minimum absolute atomic E-state index is 0.110. The van der Waals surface area contributed by atoms with E-state index in [-0.39, 0.29) is 24.0 Å². The highest BCUT2D eigenvalue weighted by molar-refractivity contribution is 9.10. The van der Waals surface area contributed by atoms with Crippen LogP contribution in [0.15, 0.2) is 64.5 Å². The third-order valence-electron chi connectivity index (χ3n) is 3.63. The second-order valence-electron chi connectivity index (χ2n) is 5.62. The van der Waals surface area contributed by atoms with Crippen molar-refractivity contribution in [2.24, 2.45) is 0 Å². The molecule has 0 aromatic heterocycles. The number of carbonyl (C=O) groups is 1. The summed E-state index contributed by atoms with van der Waals surface area (Å²) in [6.45, 7) is 5.51. The number of amides is 1. The largest absolute Gasteiger partial charge is 0.483 e. The van der Waals surface area contributed by atoms with E-state index in [0.29, 0.717) is 11.4 Å². The number of hydrogen-bond acceptors (Lipinski definition) is 4. The minimum Gasteiger partial charge on any atom is -0.483 e. The van der Waals surface area contributed by atoms with Gasteiger partial charge in [-0.2, -0.15) is 0 Å². The van der Waals surface area contributed by atoms with Crippen LogP contribution >= 0.6 is 15.9 Å². The summed E-state index contributed by atoms with van der Waals surface area (Å²) < 4.78 is 32.7. The fourth-order valence-corrected chi connectivity index (χ4v) is 3.73. The Morgan fingerprint density at radius 3 is 2.52 bits per heavy atom. The van der Waals surface area contributed by atoms with E-state index in [1.54, 1.807) is 0 Å². The van der Waals surface area contributed by atoms with Gasteiger partial charge < -0.3 is 10.1 Å². The third-order valence-corrected chi connectivity index (χ3v) is 5.69. The van der Waals surface area contributed by atoms with Gasteiger partial charge in [0.05, 0.1) is 9.37 Å². The molecule has 0 fully saturated rings. The minimum atomic E-state index is -3.59. The van der Waals surface area contributed by atoms with Gasteiger partial charge in [-0.1, -0.05) is 19.1 Å². The fraction of sp³-hybridized carbons (Fsp3) is 0.211. The molecular weight excluding hydrogens is 432 g/mol. The molecule has 0 saturated carbocycles. The van der Waals surface area contributed by atoms with Gasteiger partial charge in [-0.15, -0.1) is 6.58 Å². The van der Waals surface area contributed by atoms with Crippen LogP contribution in [0.4, 0.5) is 5.69 Å². The second-order valence-corrected chi connectivity index (χ2v) is 8.24. The zero-order chi connectivity index (χ0) is 19.9. The molecule has 0 spiro atoms. The molecule has 0 bridgehead atoms. The highest BCUT2D eigenvalue weighted by Gasteiger charge is 2.13. The maximum atomic E-state index is 12.1. The molecule has 27 heavy (non-hydrogen) atoms. The van der Waals surface area contributed by atoms with Crippen LogP contribution in [-0.2, 0) is 21.2 Å². The quantitative estimate of drug-likeness (QED) is 0.570. The van der Waals surface area contributed by atoms with Crippen molar-refractivity contribution in [1.29, 1.82) is 0 Å². The lowest BCUT2D eigenvalue weighted by molar-refractivity contribution is -0.118. The van der Waals surface area contributed by atoms with Crippen LogP contribution in [0.2, 0.25) is 0 Å². The highest BCUT2D eigenvalue weighted by atomic mass is 79.9. The van der Waals surface area contributed by atoms with Crippen molar-refractivity contribution >= 4 is 37.5 Å². The first-order valence-electron chi connectivity index (χ1n) is 8.27. The second kappa shape index (κ2) is 9.68. The van der Waals surface area contributed by atoms with E-state index in [2.05, 4.69) is 39.5 Å². The molecule has 2 N–H and O–H groups in total. The van der Waals surface area contributed by atoms with Crippen molar-refractivity contribution in [3.63, 3.8) is 0 Å². The lowest BCUT2D eigenvalue weighted by atomic mass is 10.2. The molecule has 0 saturated heterocycles. The van der Waals surface area contributed by atoms with E-state index >= 15 is 0 Å². The molecule has 1 amide bonds. The van der Waals surface area contributed by atoms with E-state index in [1.807, 2.05) is 18.2 Å². The number of nitrogens with one attached hydrogen (secondary N) is 2. The number of benzene rings is 2. The summed E-state index contributed by atoms with van der Waals surface area (Å²) in [6.07, 6.45) is 2.37. The van der Waals surface area contributed by atoms with Crippen LogP contribution in [0.1, 0.15) is 12.5 Å². The van der Waals surface area contributed by atoms with Gasteiger partial charge in [0.1, 0.15) is 5.75 Å². The molecule has 0 unspecified atom stereocenters. The first kappa shape index (κ1) is 21.1. The molecule has 0 aliphatic heterocycles. The number of hydrogen-bond donors (Lipinski definition) is 2. The summed E-state index contributed by atoms with van der Waals surface area (Å²) in [5, 5.41) is 2.67. The van der Waals surface area contributed by atoms with Crippen molar-refractivity contribution in [1.82, 2.24) is 4.72 Å². The summed E-state index contributed by atoms with van der Waals surface area (Å²) in [6, 6.07) is 11.6. The summed E-state index contributed by atoms with van der Waals surface area (Å²) in [7, 11) is -3.59. The van der Waals surface area contributed by atoms with Crippen LogP contribution < -0.4 is 14.8 Å². The van der Waals surface area contributed by atoms with Crippen molar-refractivity contribution in [2.45, 2.75) is 18.2 Å². The number of sulfonamides is 1. The predicted molar refractivity (Wildman–Crippen MR) is 109 cm³/mol. The molecule has 0 aliphatic carbocycles. The van der Waals surface area contributed by atoms with Crippen molar-refractivity contribution in [2.75, 3.05) is 18.5 Å². The number of anilines is 1. The van der Waals surface area contributed by atoms with E-state index in [4.69, 9.17) is 4.74 Å². The maximum absolute atomic E-state index is 12.1. The Balaban J connectivity index is 1.93. The lowest BCUT2D eigenvalue weighted by Crippen LogP contribution is -2.23. The van der Waals surface area contributed by atoms with E-state index in [0.717, 1.165) is 16.5 Å². The standard InChI is InChI=1S/C19H21BrN2O4S/c1-3-11-21-27(24,25)16-8-6-15(7-9-16)22-19(23)13-26-18-10-5-14(4-2)12-17(18)20/h3,5-10,12,21H,1,4,11,13H2,2H3,(H,22,23). The number of rotatable bonds is 9. The van der Waals surface area contributed by atoms with Crippen LogP contribution in [0.3, 0.4) is 0 Å². The average molecular weight is 453 g/mol. The van der Waals surface area contributed by atoms with Gasteiger partial charge >= 0.3 is 0 Å². The smallest absolute Gasteiger partial charge is 0.262 e. The first-order valence-corrected chi connectivity index (χ1v) is 10.5. The molecular formula is C19H21BrN2O4S. The maximum Gasteiger partial charge on any atom is 0.262 e. The Labute approximate surface area is 167 Å². The lowest BCUT2D eigenvalue weighted by Gasteiger charge is -2.10. The Hall–Kier alpha value is -2.16.